The van der Waals surface area contributed by atoms with Gasteiger partial charge in [-0.05, 0) is 24.6 Å². The number of fused-ring (bicyclic) bond motifs is 1. The minimum Gasteiger partial charge on any atom is -0.490 e. The van der Waals surface area contributed by atoms with Gasteiger partial charge in [-0.3, -0.25) is 4.79 Å². The molecule has 0 radical (unpaired) electrons. The first kappa shape index (κ1) is 14.1. The Balaban J connectivity index is 1.80. The Hall–Kier alpha value is -2.90. The standard InChI is InChI=1S/C14H14N4O4/c1-9-2-3-11-12(6-9)22-5-4-18(11)13(19)8-17-7-10(14(20)21)15-16-17/h2-3,6-7H,4-5,8H2,1H3,(H,20,21). The summed E-state index contributed by atoms with van der Waals surface area (Å²) in [7, 11) is 0. The molecule has 0 atom stereocenters. The molecule has 0 unspecified atom stereocenters. The van der Waals surface area contributed by atoms with Crippen molar-refractivity contribution in [2.24, 2.45) is 0 Å². The van der Waals surface area contributed by atoms with Crippen LogP contribution in [0.1, 0.15) is 16.1 Å². The van der Waals surface area contributed by atoms with Crippen molar-refractivity contribution >= 4 is 17.6 Å². The van der Waals surface area contributed by atoms with E-state index < -0.39 is 5.97 Å². The molecule has 22 heavy (non-hydrogen) atoms. The van der Waals surface area contributed by atoms with E-state index in [2.05, 4.69) is 10.3 Å². The first-order valence-corrected chi connectivity index (χ1v) is 6.72. The number of carbonyl (C=O) groups is 2. The highest BCUT2D eigenvalue weighted by molar-refractivity contribution is 5.95. The second kappa shape index (κ2) is 5.47. The largest absolute Gasteiger partial charge is 0.490 e. The highest BCUT2D eigenvalue weighted by Crippen LogP contribution is 2.32. The van der Waals surface area contributed by atoms with Crippen LogP contribution in [-0.2, 0) is 11.3 Å². The summed E-state index contributed by atoms with van der Waals surface area (Å²) >= 11 is 0. The molecule has 2 heterocycles. The summed E-state index contributed by atoms with van der Waals surface area (Å²) in [4.78, 5) is 24.8. The van der Waals surface area contributed by atoms with Crippen LogP contribution in [0, 0.1) is 6.92 Å². The molecule has 0 aliphatic carbocycles. The molecular weight excluding hydrogens is 288 g/mol. The minimum atomic E-state index is -1.18. The smallest absolute Gasteiger partial charge is 0.358 e. The number of hydrogen-bond acceptors (Lipinski definition) is 5. The Kier molecular flexibility index (Phi) is 3.50. The first-order chi connectivity index (χ1) is 10.5. The highest BCUT2D eigenvalue weighted by atomic mass is 16.5. The van der Waals surface area contributed by atoms with Crippen LogP contribution in [0.2, 0.25) is 0 Å². The van der Waals surface area contributed by atoms with Gasteiger partial charge >= 0.3 is 5.97 Å². The molecule has 1 aromatic heterocycles. The van der Waals surface area contributed by atoms with Crippen LogP contribution >= 0.6 is 0 Å². The maximum Gasteiger partial charge on any atom is 0.358 e. The Morgan fingerprint density at radius 1 is 1.41 bits per heavy atom. The van der Waals surface area contributed by atoms with Gasteiger partial charge in [0.05, 0.1) is 18.4 Å². The Labute approximate surface area is 125 Å². The summed E-state index contributed by atoms with van der Waals surface area (Å²) in [5, 5.41) is 15.9. The molecule has 8 nitrogen and oxygen atoms in total. The van der Waals surface area contributed by atoms with Gasteiger partial charge in [0.25, 0.3) is 0 Å². The molecular formula is C14H14N4O4. The average Bonchev–Trinajstić information content (AvgIpc) is 2.95. The van der Waals surface area contributed by atoms with E-state index >= 15 is 0 Å². The van der Waals surface area contributed by atoms with E-state index in [1.165, 1.54) is 10.9 Å². The Morgan fingerprint density at radius 2 is 2.23 bits per heavy atom. The van der Waals surface area contributed by atoms with Crippen molar-refractivity contribution in [2.45, 2.75) is 13.5 Å². The zero-order valence-corrected chi connectivity index (χ0v) is 11.9. The third-order valence-corrected chi connectivity index (χ3v) is 3.33. The fourth-order valence-corrected chi connectivity index (χ4v) is 2.28. The third-order valence-electron chi connectivity index (χ3n) is 3.33. The number of aromatic carboxylic acids is 1. The van der Waals surface area contributed by atoms with Crippen molar-refractivity contribution in [2.75, 3.05) is 18.1 Å². The summed E-state index contributed by atoms with van der Waals surface area (Å²) in [6, 6.07) is 5.63. The van der Waals surface area contributed by atoms with Gasteiger partial charge in [-0.1, -0.05) is 11.3 Å². The van der Waals surface area contributed by atoms with Crippen LogP contribution in [0.4, 0.5) is 5.69 Å². The predicted octanol–water partition coefficient (Wildman–Crippen LogP) is 0.710. The SMILES string of the molecule is Cc1ccc2c(c1)OCCN2C(=O)Cn1cc(C(=O)O)nn1. The van der Waals surface area contributed by atoms with E-state index in [1.807, 2.05) is 25.1 Å². The zero-order chi connectivity index (χ0) is 15.7. The van der Waals surface area contributed by atoms with Gasteiger partial charge in [-0.25, -0.2) is 9.48 Å². The molecule has 0 spiro atoms. The molecule has 8 heteroatoms. The molecule has 1 aromatic carbocycles. The summed E-state index contributed by atoms with van der Waals surface area (Å²) in [5.74, 6) is -0.703. The Bertz CT molecular complexity index is 740. The molecule has 1 amide bonds. The fraction of sp³-hybridized carbons (Fsp3) is 0.286. The number of amides is 1. The molecule has 3 rings (SSSR count). The molecule has 114 valence electrons. The van der Waals surface area contributed by atoms with Gasteiger partial charge in [0.15, 0.2) is 5.69 Å². The lowest BCUT2D eigenvalue weighted by atomic mass is 10.1. The van der Waals surface area contributed by atoms with Crippen LogP contribution in [0.25, 0.3) is 0 Å². The number of aryl methyl sites for hydroxylation is 1. The second-order valence-corrected chi connectivity index (χ2v) is 4.97. The van der Waals surface area contributed by atoms with E-state index in [-0.39, 0.29) is 18.1 Å². The van der Waals surface area contributed by atoms with Crippen molar-refractivity contribution in [1.82, 2.24) is 15.0 Å². The van der Waals surface area contributed by atoms with Crippen LogP contribution in [0.15, 0.2) is 24.4 Å². The van der Waals surface area contributed by atoms with Crippen LogP contribution in [0.3, 0.4) is 0 Å². The van der Waals surface area contributed by atoms with E-state index in [0.29, 0.717) is 24.6 Å². The average molecular weight is 302 g/mol. The van der Waals surface area contributed by atoms with Crippen molar-refractivity contribution in [1.29, 1.82) is 0 Å². The molecule has 0 saturated carbocycles. The third kappa shape index (κ3) is 2.62. The topological polar surface area (TPSA) is 97.5 Å². The summed E-state index contributed by atoms with van der Waals surface area (Å²) in [6.45, 7) is 2.73. The maximum absolute atomic E-state index is 12.4. The number of carboxylic acids is 1. The molecule has 0 saturated heterocycles. The lowest BCUT2D eigenvalue weighted by Gasteiger charge is -2.29. The van der Waals surface area contributed by atoms with Crippen molar-refractivity contribution in [3.05, 3.63) is 35.7 Å². The minimum absolute atomic E-state index is 0.0758. The number of aromatic nitrogens is 3. The number of rotatable bonds is 3. The molecule has 1 N–H and O–H groups in total. The van der Waals surface area contributed by atoms with Gasteiger partial charge in [0.2, 0.25) is 5.91 Å². The molecule has 0 fully saturated rings. The lowest BCUT2D eigenvalue weighted by Crippen LogP contribution is -2.40. The zero-order valence-electron chi connectivity index (χ0n) is 11.9. The van der Waals surface area contributed by atoms with Crippen molar-refractivity contribution in [3.8, 4) is 5.75 Å². The quantitative estimate of drug-likeness (QED) is 0.896. The predicted molar refractivity (Wildman–Crippen MR) is 76.0 cm³/mol. The molecule has 1 aliphatic rings. The number of hydrogen-bond donors (Lipinski definition) is 1. The second-order valence-electron chi connectivity index (χ2n) is 4.97. The van der Waals surface area contributed by atoms with Crippen molar-refractivity contribution in [3.63, 3.8) is 0 Å². The first-order valence-electron chi connectivity index (χ1n) is 6.72. The normalized spacial score (nSPS) is 13.4. The summed E-state index contributed by atoms with van der Waals surface area (Å²) in [5.41, 5.74) is 1.57. The Morgan fingerprint density at radius 3 is 2.95 bits per heavy atom. The van der Waals surface area contributed by atoms with Crippen molar-refractivity contribution < 1.29 is 19.4 Å². The van der Waals surface area contributed by atoms with E-state index in [9.17, 15) is 9.59 Å². The van der Waals surface area contributed by atoms with Gasteiger partial charge in [0, 0.05) is 0 Å². The number of nitrogens with zero attached hydrogens (tertiary/aromatic N) is 4. The lowest BCUT2D eigenvalue weighted by molar-refractivity contribution is -0.119. The van der Waals surface area contributed by atoms with Crippen LogP contribution in [0.5, 0.6) is 5.75 Å². The molecule has 1 aliphatic heterocycles. The number of benzene rings is 1. The fourth-order valence-electron chi connectivity index (χ4n) is 2.28. The number of carbonyl (C=O) groups excluding carboxylic acids is 1. The van der Waals surface area contributed by atoms with Gasteiger partial charge < -0.3 is 14.7 Å². The van der Waals surface area contributed by atoms with Gasteiger partial charge in [-0.2, -0.15) is 0 Å². The van der Waals surface area contributed by atoms with E-state index in [4.69, 9.17) is 9.84 Å². The van der Waals surface area contributed by atoms with E-state index in [0.717, 1.165) is 5.56 Å². The monoisotopic (exact) mass is 302 g/mol. The number of ether oxygens (including phenoxy) is 1. The number of anilines is 1. The highest BCUT2D eigenvalue weighted by Gasteiger charge is 2.24. The van der Waals surface area contributed by atoms with Gasteiger partial charge in [0.1, 0.15) is 18.9 Å². The molecule has 0 bridgehead atoms. The van der Waals surface area contributed by atoms with Crippen LogP contribution < -0.4 is 9.64 Å². The number of carboxylic acid groups (broad SMARTS) is 1. The maximum atomic E-state index is 12.4. The van der Waals surface area contributed by atoms with E-state index in [1.54, 1.807) is 4.90 Å². The summed E-state index contributed by atoms with van der Waals surface area (Å²) in [6.07, 6.45) is 1.23. The van der Waals surface area contributed by atoms with Gasteiger partial charge in [-0.15, -0.1) is 5.10 Å². The van der Waals surface area contributed by atoms with Crippen LogP contribution in [-0.4, -0.2) is 45.1 Å². The molecule has 2 aromatic rings. The summed E-state index contributed by atoms with van der Waals surface area (Å²) < 4.78 is 6.78.